The molecule has 0 aliphatic heterocycles. The predicted molar refractivity (Wildman–Crippen MR) is 66.2 cm³/mol. The minimum absolute atomic E-state index is 0.196. The summed E-state index contributed by atoms with van der Waals surface area (Å²) in [7, 11) is -5.64. The average Bonchev–Trinajstić information content (AvgIpc) is 2.45. The van der Waals surface area contributed by atoms with Gasteiger partial charge in [0.25, 0.3) is 0 Å². The third-order valence-electron chi connectivity index (χ3n) is 1.72. The fourth-order valence-electron chi connectivity index (χ4n) is 0.977. The lowest BCUT2D eigenvalue weighted by Gasteiger charge is -2.13. The first-order valence-corrected chi connectivity index (χ1v) is 7.21. The van der Waals surface area contributed by atoms with Gasteiger partial charge in [-0.1, -0.05) is 46.4 Å². The zero-order valence-corrected chi connectivity index (χ0v) is 12.4. The van der Waals surface area contributed by atoms with Gasteiger partial charge in [0.05, 0.1) is 5.69 Å². The molecule has 1 heterocycles. The van der Waals surface area contributed by atoms with E-state index in [2.05, 4.69) is 10.2 Å². The number of rotatable bonds is 3. The zero-order chi connectivity index (χ0) is 15.1. The first-order chi connectivity index (χ1) is 8.33. The van der Waals surface area contributed by atoms with Gasteiger partial charge in [0, 0.05) is 6.42 Å². The van der Waals surface area contributed by atoms with Crippen molar-refractivity contribution in [3.8, 4) is 0 Å². The van der Waals surface area contributed by atoms with Crippen molar-refractivity contribution in [2.45, 2.75) is 15.7 Å². The number of sulfonamides is 1. The van der Waals surface area contributed by atoms with Gasteiger partial charge in [-0.15, -0.1) is 0 Å². The molecule has 0 fully saturated rings. The first-order valence-electron chi connectivity index (χ1n) is 4.22. The number of H-pyrrole nitrogens is 1. The maximum Gasteiger partial charge on any atom is 0.516 e. The summed E-state index contributed by atoms with van der Waals surface area (Å²) >= 11 is 21.8. The summed E-state index contributed by atoms with van der Waals surface area (Å²) in [5.74, 6) is 0. The van der Waals surface area contributed by atoms with Crippen molar-refractivity contribution in [3.63, 3.8) is 0 Å². The smallest absolute Gasteiger partial charge is 0.279 e. The van der Waals surface area contributed by atoms with E-state index in [-0.39, 0.29) is 5.69 Å². The van der Waals surface area contributed by atoms with E-state index in [9.17, 15) is 21.6 Å². The Labute approximate surface area is 125 Å². The molecule has 0 aromatic carbocycles. The van der Waals surface area contributed by atoms with Crippen LogP contribution in [0.3, 0.4) is 0 Å². The number of nitrogens with zero attached hydrogens (tertiary/aromatic N) is 1. The van der Waals surface area contributed by atoms with Crippen LogP contribution < -0.4 is 4.72 Å². The number of aromatic amines is 1. The molecule has 1 aromatic heterocycles. The van der Waals surface area contributed by atoms with Crippen molar-refractivity contribution < 1.29 is 21.6 Å². The summed E-state index contributed by atoms with van der Waals surface area (Å²) in [6.07, 6.45) is -0.424. The lowest BCUT2D eigenvalue weighted by atomic mass is 10.3. The summed E-state index contributed by atoms with van der Waals surface area (Å²) in [5, 5.41) is 4.98. The second-order valence-corrected chi connectivity index (χ2v) is 7.76. The summed E-state index contributed by atoms with van der Waals surface area (Å²) in [4.78, 5) is 0. The van der Waals surface area contributed by atoms with Crippen LogP contribution in [0.25, 0.3) is 0 Å². The van der Waals surface area contributed by atoms with Crippen LogP contribution in [-0.2, 0) is 16.4 Å². The molecule has 1 aromatic rings. The van der Waals surface area contributed by atoms with Gasteiger partial charge >= 0.3 is 15.5 Å². The van der Waals surface area contributed by atoms with Gasteiger partial charge in [-0.05, 0) is 0 Å². The quantitative estimate of drug-likeness (QED) is 0.790. The van der Waals surface area contributed by atoms with Gasteiger partial charge in [-0.2, -0.15) is 26.7 Å². The highest BCUT2D eigenvalue weighted by Gasteiger charge is 2.47. The molecule has 0 aliphatic rings. The SMILES string of the molecule is O=S(=O)(Nc1c(Cl)n[nH]c1CC(Cl)(Cl)Cl)C(F)(F)F. The number of aromatic nitrogens is 2. The molecule has 13 heteroatoms. The van der Waals surface area contributed by atoms with Crippen molar-refractivity contribution in [1.82, 2.24) is 10.2 Å². The summed E-state index contributed by atoms with van der Waals surface area (Å²) in [5.41, 5.74) is -6.33. The standard InChI is InChI=1S/C6H4Cl4F3N3O2S/c7-4-3(16-19(17,18)6(11,12)13)2(14-15-4)1-5(8,9)10/h16H,1H2,(H,14,15). The minimum atomic E-state index is -5.64. The monoisotopic (exact) mass is 379 g/mol. The number of halogens is 7. The molecule has 2 N–H and O–H groups in total. The van der Waals surface area contributed by atoms with Crippen LogP contribution in [-0.4, -0.2) is 27.9 Å². The summed E-state index contributed by atoms with van der Waals surface area (Å²) < 4.78 is 58.0. The van der Waals surface area contributed by atoms with Crippen molar-refractivity contribution in [1.29, 1.82) is 0 Å². The second-order valence-electron chi connectivity index (χ2n) is 3.21. The normalized spacial score (nSPS) is 13.6. The van der Waals surface area contributed by atoms with Crippen LogP contribution in [0.4, 0.5) is 18.9 Å². The van der Waals surface area contributed by atoms with E-state index in [0.717, 1.165) is 0 Å². The highest BCUT2D eigenvalue weighted by Crippen LogP contribution is 2.36. The minimum Gasteiger partial charge on any atom is -0.279 e. The molecule has 19 heavy (non-hydrogen) atoms. The first kappa shape index (κ1) is 17.0. The van der Waals surface area contributed by atoms with Crippen LogP contribution in [0.5, 0.6) is 0 Å². The Bertz CT molecular complexity index is 565. The number of hydrogen-bond acceptors (Lipinski definition) is 3. The van der Waals surface area contributed by atoms with E-state index in [1.54, 1.807) is 0 Å². The van der Waals surface area contributed by atoms with Gasteiger partial charge in [0.1, 0.15) is 5.69 Å². The van der Waals surface area contributed by atoms with E-state index < -0.39 is 36.6 Å². The second kappa shape index (κ2) is 5.36. The zero-order valence-electron chi connectivity index (χ0n) is 8.52. The molecule has 0 unspecified atom stereocenters. The Balaban J connectivity index is 3.13. The van der Waals surface area contributed by atoms with E-state index >= 15 is 0 Å². The molecular formula is C6H4Cl4F3N3O2S. The maximum atomic E-state index is 12.2. The van der Waals surface area contributed by atoms with Gasteiger partial charge < -0.3 is 0 Å². The van der Waals surface area contributed by atoms with Gasteiger partial charge in [0.2, 0.25) is 0 Å². The molecule has 0 atom stereocenters. The molecule has 5 nitrogen and oxygen atoms in total. The summed E-state index contributed by atoms with van der Waals surface area (Å²) in [6, 6.07) is 0. The molecule has 0 saturated heterocycles. The van der Waals surface area contributed by atoms with Crippen molar-refractivity contribution in [3.05, 3.63) is 10.8 Å². The van der Waals surface area contributed by atoms with Crippen LogP contribution in [0.15, 0.2) is 0 Å². The van der Waals surface area contributed by atoms with Gasteiger partial charge in [-0.25, -0.2) is 0 Å². The van der Waals surface area contributed by atoms with E-state index in [4.69, 9.17) is 46.4 Å². The highest BCUT2D eigenvalue weighted by molar-refractivity contribution is 7.93. The van der Waals surface area contributed by atoms with E-state index in [1.165, 1.54) is 4.72 Å². The van der Waals surface area contributed by atoms with Gasteiger partial charge in [0.15, 0.2) is 8.95 Å². The molecule has 0 bridgehead atoms. The number of anilines is 1. The maximum absolute atomic E-state index is 12.2. The van der Waals surface area contributed by atoms with Gasteiger partial charge in [-0.3, -0.25) is 9.82 Å². The molecular weight excluding hydrogens is 377 g/mol. The number of alkyl halides is 6. The largest absolute Gasteiger partial charge is 0.516 e. The van der Waals surface area contributed by atoms with E-state index in [1.807, 2.05) is 0 Å². The van der Waals surface area contributed by atoms with Crippen molar-refractivity contribution in [2.75, 3.05) is 4.72 Å². The molecule has 110 valence electrons. The molecule has 0 saturated carbocycles. The fourth-order valence-corrected chi connectivity index (χ4v) is 2.24. The van der Waals surface area contributed by atoms with Crippen LogP contribution in [0.1, 0.15) is 5.69 Å². The lowest BCUT2D eigenvalue weighted by Crippen LogP contribution is -2.30. The summed E-state index contributed by atoms with van der Waals surface area (Å²) in [6.45, 7) is 0. The molecule has 1 rings (SSSR count). The Kier molecular flexibility index (Phi) is 4.79. The number of hydrogen-bond donors (Lipinski definition) is 2. The van der Waals surface area contributed by atoms with Crippen LogP contribution in [0.2, 0.25) is 5.15 Å². The highest BCUT2D eigenvalue weighted by atomic mass is 35.6. The van der Waals surface area contributed by atoms with E-state index in [0.29, 0.717) is 0 Å². The Hall–Kier alpha value is -0.0900. The topological polar surface area (TPSA) is 74.8 Å². The Morgan fingerprint density at radius 3 is 2.21 bits per heavy atom. The third kappa shape index (κ3) is 4.45. The Morgan fingerprint density at radius 2 is 1.79 bits per heavy atom. The fraction of sp³-hybridized carbons (Fsp3) is 0.500. The number of nitrogens with one attached hydrogen (secondary N) is 2. The van der Waals surface area contributed by atoms with Crippen molar-refractivity contribution >= 4 is 62.1 Å². The predicted octanol–water partition coefficient (Wildman–Crippen LogP) is 3.24. The van der Waals surface area contributed by atoms with Crippen LogP contribution >= 0.6 is 46.4 Å². The lowest BCUT2D eigenvalue weighted by molar-refractivity contribution is -0.0429. The molecule has 0 amide bonds. The molecule has 0 aliphatic carbocycles. The molecule has 0 spiro atoms. The third-order valence-corrected chi connectivity index (χ3v) is 3.47. The molecule has 0 radical (unpaired) electrons. The van der Waals surface area contributed by atoms with Crippen molar-refractivity contribution in [2.24, 2.45) is 0 Å². The Morgan fingerprint density at radius 1 is 1.26 bits per heavy atom. The average molecular weight is 381 g/mol. The van der Waals surface area contributed by atoms with Crippen LogP contribution in [0, 0.1) is 0 Å².